The molecule has 0 unspecified atom stereocenters. The molecular formula is C12H13BrO3. The number of hydrogen-bond acceptors (Lipinski definition) is 3. The highest BCUT2D eigenvalue weighted by Gasteiger charge is 2.19. The molecular weight excluding hydrogens is 272 g/mol. The predicted molar refractivity (Wildman–Crippen MR) is 65.5 cm³/mol. The molecule has 3 nitrogen and oxygen atoms in total. The van der Waals surface area contributed by atoms with E-state index in [1.165, 1.54) is 7.11 Å². The molecule has 0 saturated carbocycles. The van der Waals surface area contributed by atoms with Gasteiger partial charge in [0.2, 0.25) is 11.6 Å². The number of rotatable bonds is 5. The highest BCUT2D eigenvalue weighted by Crippen LogP contribution is 2.21. The Morgan fingerprint density at radius 1 is 1.38 bits per heavy atom. The second-order valence-corrected chi connectivity index (χ2v) is 3.83. The lowest BCUT2D eigenvalue weighted by atomic mass is 10.0. The summed E-state index contributed by atoms with van der Waals surface area (Å²) in [5.74, 6) is -0.535. The summed E-state index contributed by atoms with van der Waals surface area (Å²) >= 11 is 2.98. The first-order chi connectivity index (χ1) is 7.63. The van der Waals surface area contributed by atoms with Gasteiger partial charge in [-0.2, -0.15) is 0 Å². The predicted octanol–water partition coefficient (Wildman–Crippen LogP) is 2.40. The van der Waals surface area contributed by atoms with Crippen molar-refractivity contribution in [1.29, 1.82) is 0 Å². The van der Waals surface area contributed by atoms with Crippen LogP contribution in [0.1, 0.15) is 22.8 Å². The number of carbonyl (C=O) groups is 2. The molecule has 16 heavy (non-hydrogen) atoms. The normalized spacial score (nSPS) is 9.94. The van der Waals surface area contributed by atoms with E-state index in [1.807, 2.05) is 13.0 Å². The van der Waals surface area contributed by atoms with E-state index in [9.17, 15) is 9.59 Å². The first-order valence-corrected chi connectivity index (χ1v) is 6.06. The van der Waals surface area contributed by atoms with Gasteiger partial charge in [0.05, 0.1) is 18.0 Å². The highest BCUT2D eigenvalue weighted by molar-refractivity contribution is 9.09. The van der Waals surface area contributed by atoms with Crippen molar-refractivity contribution < 1.29 is 14.3 Å². The van der Waals surface area contributed by atoms with Crippen LogP contribution in [0.4, 0.5) is 0 Å². The van der Waals surface area contributed by atoms with Crippen LogP contribution in [-0.2, 0) is 11.2 Å². The molecule has 0 N–H and O–H groups in total. The van der Waals surface area contributed by atoms with Crippen LogP contribution in [-0.4, -0.2) is 24.0 Å². The maximum absolute atomic E-state index is 11.8. The summed E-state index contributed by atoms with van der Waals surface area (Å²) in [6.45, 7) is 1.99. The molecule has 0 heterocycles. The minimum absolute atomic E-state index is 0.0331. The maximum atomic E-state index is 11.8. The molecule has 0 aliphatic heterocycles. The van der Waals surface area contributed by atoms with Crippen molar-refractivity contribution >= 4 is 27.5 Å². The Bertz CT molecular complexity index is 413. The standard InChI is InChI=1S/C12H13BrO3/c1-3-8-4-5-11(16-2)9(6-8)12(15)10(14)7-13/h4-6H,3,7H2,1-2H3. The van der Waals surface area contributed by atoms with Gasteiger partial charge in [0.15, 0.2) is 0 Å². The average molecular weight is 285 g/mol. The topological polar surface area (TPSA) is 43.4 Å². The van der Waals surface area contributed by atoms with Crippen molar-refractivity contribution in [2.24, 2.45) is 0 Å². The zero-order valence-electron chi connectivity index (χ0n) is 9.25. The number of aryl methyl sites for hydroxylation is 1. The fraction of sp³-hybridized carbons (Fsp3) is 0.333. The van der Waals surface area contributed by atoms with Gasteiger partial charge in [-0.1, -0.05) is 28.9 Å². The quantitative estimate of drug-likeness (QED) is 0.474. The summed E-state index contributed by atoms with van der Waals surface area (Å²) in [5, 5.41) is 0.0331. The fourth-order valence-electron chi connectivity index (χ4n) is 1.36. The Balaban J connectivity index is 3.18. The molecule has 1 aromatic rings. The van der Waals surface area contributed by atoms with Crippen molar-refractivity contribution in [3.05, 3.63) is 29.3 Å². The Labute approximate surface area is 103 Å². The molecule has 4 heteroatoms. The van der Waals surface area contributed by atoms with Gasteiger partial charge in [-0.15, -0.1) is 0 Å². The molecule has 0 bridgehead atoms. The van der Waals surface area contributed by atoms with Crippen molar-refractivity contribution in [3.8, 4) is 5.75 Å². The number of benzene rings is 1. The Hall–Kier alpha value is -1.16. The summed E-state index contributed by atoms with van der Waals surface area (Å²) in [5.41, 5.74) is 1.35. The van der Waals surface area contributed by atoms with E-state index in [0.717, 1.165) is 12.0 Å². The molecule has 0 aromatic heterocycles. The molecule has 0 aliphatic rings. The Morgan fingerprint density at radius 2 is 2.06 bits per heavy atom. The molecule has 1 aromatic carbocycles. The van der Waals surface area contributed by atoms with Crippen LogP contribution in [0, 0.1) is 0 Å². The van der Waals surface area contributed by atoms with Gasteiger partial charge in [0.25, 0.3) is 0 Å². The van der Waals surface area contributed by atoms with E-state index in [1.54, 1.807) is 12.1 Å². The third-order valence-electron chi connectivity index (χ3n) is 2.29. The van der Waals surface area contributed by atoms with Crippen LogP contribution < -0.4 is 4.74 Å². The lowest BCUT2D eigenvalue weighted by Crippen LogP contribution is -2.16. The van der Waals surface area contributed by atoms with Gasteiger partial charge in [-0.05, 0) is 24.1 Å². The number of carbonyl (C=O) groups excluding carboxylic acids is 2. The van der Waals surface area contributed by atoms with E-state index in [0.29, 0.717) is 11.3 Å². The van der Waals surface area contributed by atoms with Crippen molar-refractivity contribution in [2.75, 3.05) is 12.4 Å². The lowest BCUT2D eigenvalue weighted by molar-refractivity contribution is -0.112. The summed E-state index contributed by atoms with van der Waals surface area (Å²) in [6.07, 6.45) is 0.812. The number of hydrogen-bond donors (Lipinski definition) is 0. The number of ether oxygens (including phenoxy) is 1. The lowest BCUT2D eigenvalue weighted by Gasteiger charge is -2.08. The van der Waals surface area contributed by atoms with E-state index in [2.05, 4.69) is 15.9 Å². The Kier molecular flexibility index (Phi) is 4.68. The van der Waals surface area contributed by atoms with E-state index < -0.39 is 11.6 Å². The van der Waals surface area contributed by atoms with Crippen LogP contribution in [0.25, 0.3) is 0 Å². The van der Waals surface area contributed by atoms with E-state index in [4.69, 9.17) is 4.74 Å². The second-order valence-electron chi connectivity index (χ2n) is 3.27. The maximum Gasteiger partial charge on any atom is 0.233 e. The van der Waals surface area contributed by atoms with E-state index >= 15 is 0 Å². The molecule has 0 fully saturated rings. The monoisotopic (exact) mass is 284 g/mol. The minimum Gasteiger partial charge on any atom is -0.496 e. The van der Waals surface area contributed by atoms with Crippen LogP contribution in [0.5, 0.6) is 5.75 Å². The molecule has 0 atom stereocenters. The number of Topliss-reactive ketones (excluding diaryl/α,β-unsaturated/α-hetero) is 2. The first-order valence-electron chi connectivity index (χ1n) is 4.94. The Morgan fingerprint density at radius 3 is 2.56 bits per heavy atom. The van der Waals surface area contributed by atoms with Crippen molar-refractivity contribution in [2.45, 2.75) is 13.3 Å². The van der Waals surface area contributed by atoms with Crippen LogP contribution >= 0.6 is 15.9 Å². The first kappa shape index (κ1) is 12.9. The number of halogens is 1. The smallest absolute Gasteiger partial charge is 0.233 e. The van der Waals surface area contributed by atoms with Gasteiger partial charge in [-0.3, -0.25) is 9.59 Å². The third kappa shape index (κ3) is 2.70. The number of methoxy groups -OCH3 is 1. The summed E-state index contributed by atoms with van der Waals surface area (Å²) < 4.78 is 5.07. The molecule has 1 rings (SSSR count). The molecule has 0 saturated heterocycles. The zero-order chi connectivity index (χ0) is 12.1. The van der Waals surface area contributed by atoms with Gasteiger partial charge >= 0.3 is 0 Å². The minimum atomic E-state index is -0.510. The summed E-state index contributed by atoms with van der Waals surface area (Å²) in [7, 11) is 1.48. The van der Waals surface area contributed by atoms with E-state index in [-0.39, 0.29) is 5.33 Å². The second kappa shape index (κ2) is 5.80. The molecule has 0 amide bonds. The van der Waals surface area contributed by atoms with Gasteiger partial charge in [-0.25, -0.2) is 0 Å². The zero-order valence-corrected chi connectivity index (χ0v) is 10.8. The molecule has 0 spiro atoms. The fourth-order valence-corrected chi connectivity index (χ4v) is 1.62. The van der Waals surface area contributed by atoms with Crippen LogP contribution in [0.2, 0.25) is 0 Å². The largest absolute Gasteiger partial charge is 0.496 e. The van der Waals surface area contributed by atoms with Crippen LogP contribution in [0.3, 0.4) is 0 Å². The number of alkyl halides is 1. The number of ketones is 2. The third-order valence-corrected chi connectivity index (χ3v) is 2.80. The summed E-state index contributed by atoms with van der Waals surface area (Å²) in [4.78, 5) is 23.1. The van der Waals surface area contributed by atoms with Gasteiger partial charge in [0, 0.05) is 0 Å². The van der Waals surface area contributed by atoms with Crippen molar-refractivity contribution in [3.63, 3.8) is 0 Å². The van der Waals surface area contributed by atoms with Crippen molar-refractivity contribution in [1.82, 2.24) is 0 Å². The SMILES string of the molecule is CCc1ccc(OC)c(C(=O)C(=O)CBr)c1. The molecule has 86 valence electrons. The molecule has 0 radical (unpaired) electrons. The summed E-state index contributed by atoms with van der Waals surface area (Å²) in [6, 6.07) is 5.31. The highest BCUT2D eigenvalue weighted by atomic mass is 79.9. The van der Waals surface area contributed by atoms with Gasteiger partial charge in [0.1, 0.15) is 5.75 Å². The van der Waals surface area contributed by atoms with Crippen LogP contribution in [0.15, 0.2) is 18.2 Å². The average Bonchev–Trinajstić information content (AvgIpc) is 2.35. The van der Waals surface area contributed by atoms with Gasteiger partial charge < -0.3 is 4.74 Å². The molecule has 0 aliphatic carbocycles.